The van der Waals surface area contributed by atoms with Crippen molar-refractivity contribution in [1.82, 2.24) is 15.1 Å². The Morgan fingerprint density at radius 3 is 2.72 bits per heavy atom. The Hall–Kier alpha value is -2.71. The van der Waals surface area contributed by atoms with E-state index in [0.717, 1.165) is 50.8 Å². The smallest absolute Gasteiger partial charge is 0.246 e. The predicted octanol–water partition coefficient (Wildman–Crippen LogP) is 3.26. The second-order valence-electron chi connectivity index (χ2n) is 12.4. The Kier molecular flexibility index (Phi) is 7.04. The largest absolute Gasteiger partial charge is 0.359 e. The van der Waals surface area contributed by atoms with Crippen molar-refractivity contribution in [3.05, 3.63) is 42.0 Å². The first-order valence-electron chi connectivity index (χ1n) is 14.9. The second-order valence-corrected chi connectivity index (χ2v) is 12.4. The number of amides is 3. The van der Waals surface area contributed by atoms with E-state index in [-0.39, 0.29) is 29.8 Å². The van der Waals surface area contributed by atoms with Crippen molar-refractivity contribution in [1.29, 1.82) is 0 Å². The van der Waals surface area contributed by atoms with E-state index in [1.807, 2.05) is 43.3 Å². The van der Waals surface area contributed by atoms with Gasteiger partial charge in [0.1, 0.15) is 11.6 Å². The molecule has 39 heavy (non-hydrogen) atoms. The van der Waals surface area contributed by atoms with Gasteiger partial charge in [0.05, 0.1) is 17.9 Å². The highest BCUT2D eigenvalue weighted by Crippen LogP contribution is 2.55. The van der Waals surface area contributed by atoms with Gasteiger partial charge in [-0.1, -0.05) is 51.0 Å². The zero-order chi connectivity index (χ0) is 27.3. The zero-order valence-corrected chi connectivity index (χ0v) is 23.4. The van der Waals surface area contributed by atoms with E-state index in [9.17, 15) is 14.4 Å². The lowest BCUT2D eigenvalue weighted by molar-refractivity contribution is -0.142. The van der Waals surface area contributed by atoms with E-state index in [1.165, 1.54) is 6.42 Å². The van der Waals surface area contributed by atoms with Gasteiger partial charge >= 0.3 is 0 Å². The summed E-state index contributed by atoms with van der Waals surface area (Å²) >= 11 is 0. The number of carbonyl (C=O) groups is 3. The molecule has 4 heterocycles. The third-order valence-corrected chi connectivity index (χ3v) is 9.96. The predicted molar refractivity (Wildman–Crippen MR) is 149 cm³/mol. The summed E-state index contributed by atoms with van der Waals surface area (Å²) in [5, 5.41) is 6.36. The summed E-state index contributed by atoms with van der Waals surface area (Å²) in [5.41, 5.74) is 0.629. The number of likely N-dealkylation sites (N-methyl/N-ethyl adjacent to an activating group) is 1. The van der Waals surface area contributed by atoms with E-state index in [0.29, 0.717) is 18.2 Å². The molecular weight excluding hydrogens is 492 g/mol. The molecule has 2 N–H and O–H groups in total. The van der Waals surface area contributed by atoms with Crippen LogP contribution in [0, 0.1) is 24.7 Å². The fourth-order valence-electron chi connectivity index (χ4n) is 7.95. The highest BCUT2D eigenvalue weighted by molar-refractivity contribution is 6.02. The number of carbonyl (C=O) groups excluding carboxylic acids is 3. The van der Waals surface area contributed by atoms with Crippen molar-refractivity contribution in [2.45, 2.75) is 89.1 Å². The molecule has 4 aliphatic heterocycles. The maximum absolute atomic E-state index is 14.3. The molecule has 1 aliphatic carbocycles. The quantitative estimate of drug-likeness (QED) is 0.524. The molecular formula is C31H42N4O4. The van der Waals surface area contributed by atoms with Gasteiger partial charge in [-0.15, -0.1) is 0 Å². The van der Waals surface area contributed by atoms with Gasteiger partial charge in [-0.25, -0.2) is 0 Å². The van der Waals surface area contributed by atoms with Crippen LogP contribution in [-0.4, -0.2) is 77.0 Å². The number of nitrogens with one attached hydrogen (secondary N) is 2. The van der Waals surface area contributed by atoms with Gasteiger partial charge in [0.2, 0.25) is 17.7 Å². The molecule has 210 valence electrons. The second kappa shape index (κ2) is 10.4. The minimum atomic E-state index is -1.12. The summed E-state index contributed by atoms with van der Waals surface area (Å²) in [4.78, 5) is 46.3. The van der Waals surface area contributed by atoms with Crippen LogP contribution in [0.1, 0.15) is 57.9 Å². The number of anilines is 1. The first-order chi connectivity index (χ1) is 18.8. The fourth-order valence-corrected chi connectivity index (χ4v) is 7.95. The molecule has 6 rings (SSSR count). The standard InChI is InChI=1S/C31H42N4O4/c1-4-34-16-8-12-22(34)18-35-27(29(37)33-23-13-6-5-10-20(23)3)31-15-14-24(39-31)25(26(31)30(35)38)28(36)32-21-11-7-9-19(2)17-21/h7,9,11,14-15,17,20,22-27H,4-6,8,10,12-13,16,18H2,1-3H3,(H,32,36)(H,33,37)/t20-,22+,23+,24+,25+,26+,27-,31-/m0/s1. The highest BCUT2D eigenvalue weighted by atomic mass is 16.5. The zero-order valence-electron chi connectivity index (χ0n) is 23.4. The van der Waals surface area contributed by atoms with Crippen molar-refractivity contribution >= 4 is 23.4 Å². The number of hydrogen-bond acceptors (Lipinski definition) is 5. The molecule has 3 amide bonds. The number of hydrogen-bond donors (Lipinski definition) is 2. The van der Waals surface area contributed by atoms with Crippen LogP contribution in [0.4, 0.5) is 5.69 Å². The Balaban J connectivity index is 1.31. The van der Waals surface area contributed by atoms with Crippen LogP contribution in [0.2, 0.25) is 0 Å². The van der Waals surface area contributed by atoms with E-state index in [4.69, 9.17) is 4.74 Å². The van der Waals surface area contributed by atoms with Gasteiger partial charge in [0, 0.05) is 24.3 Å². The average molecular weight is 535 g/mol. The number of aryl methyl sites for hydroxylation is 1. The molecule has 0 unspecified atom stereocenters. The number of ether oxygens (including phenoxy) is 1. The minimum Gasteiger partial charge on any atom is -0.359 e. The van der Waals surface area contributed by atoms with Crippen LogP contribution < -0.4 is 10.6 Å². The molecule has 8 nitrogen and oxygen atoms in total. The van der Waals surface area contributed by atoms with E-state index in [1.54, 1.807) is 4.90 Å². The van der Waals surface area contributed by atoms with Crippen LogP contribution in [0.5, 0.6) is 0 Å². The molecule has 1 saturated carbocycles. The van der Waals surface area contributed by atoms with Gasteiger partial charge in [-0.3, -0.25) is 19.3 Å². The van der Waals surface area contributed by atoms with E-state index in [2.05, 4.69) is 29.4 Å². The summed E-state index contributed by atoms with van der Waals surface area (Å²) in [7, 11) is 0. The topological polar surface area (TPSA) is 91.0 Å². The van der Waals surface area contributed by atoms with Crippen molar-refractivity contribution in [3.8, 4) is 0 Å². The SMILES string of the molecule is CCN1CCC[C@@H]1CN1C(=O)[C@H]2[C@H](C(=O)Nc3cccc(C)c3)[C@H]3C=C[C@@]2(O3)[C@@H]1C(=O)N[C@@H]1CCCC[C@@H]1C. The molecule has 4 fully saturated rings. The normalized spacial score (nSPS) is 37.4. The van der Waals surface area contributed by atoms with Crippen molar-refractivity contribution in [3.63, 3.8) is 0 Å². The number of fused-ring (bicyclic) bond motifs is 1. The minimum absolute atomic E-state index is 0.0975. The van der Waals surface area contributed by atoms with Crippen LogP contribution in [0.15, 0.2) is 36.4 Å². The lowest BCUT2D eigenvalue weighted by atomic mass is 9.74. The summed E-state index contributed by atoms with van der Waals surface area (Å²) in [6.45, 7) is 8.73. The van der Waals surface area contributed by atoms with Crippen LogP contribution in [0.25, 0.3) is 0 Å². The Labute approximate surface area is 231 Å². The molecule has 1 spiro atoms. The van der Waals surface area contributed by atoms with Gasteiger partial charge in [0.25, 0.3) is 0 Å². The molecule has 8 atom stereocenters. The third-order valence-electron chi connectivity index (χ3n) is 9.96. The average Bonchev–Trinajstić information content (AvgIpc) is 3.66. The monoisotopic (exact) mass is 534 g/mol. The molecule has 1 aromatic rings. The van der Waals surface area contributed by atoms with Crippen molar-refractivity contribution in [2.24, 2.45) is 17.8 Å². The Morgan fingerprint density at radius 2 is 1.95 bits per heavy atom. The number of benzene rings is 1. The lowest BCUT2D eigenvalue weighted by Gasteiger charge is -2.37. The summed E-state index contributed by atoms with van der Waals surface area (Å²) in [6.07, 6.45) is 9.72. The molecule has 0 aromatic heterocycles. The van der Waals surface area contributed by atoms with E-state index < -0.39 is 29.6 Å². The first-order valence-corrected chi connectivity index (χ1v) is 14.9. The maximum Gasteiger partial charge on any atom is 0.246 e. The van der Waals surface area contributed by atoms with Crippen LogP contribution >= 0.6 is 0 Å². The highest BCUT2D eigenvalue weighted by Gasteiger charge is 2.73. The van der Waals surface area contributed by atoms with Gasteiger partial charge in [-0.05, 0) is 69.3 Å². The molecule has 2 bridgehead atoms. The molecule has 3 saturated heterocycles. The van der Waals surface area contributed by atoms with Crippen LogP contribution in [0.3, 0.4) is 0 Å². The molecule has 5 aliphatic rings. The first kappa shape index (κ1) is 26.5. The van der Waals surface area contributed by atoms with Crippen molar-refractivity contribution < 1.29 is 19.1 Å². The summed E-state index contributed by atoms with van der Waals surface area (Å²) in [6, 6.07) is 7.18. The van der Waals surface area contributed by atoms with Crippen molar-refractivity contribution in [2.75, 3.05) is 25.0 Å². The van der Waals surface area contributed by atoms with Gasteiger partial charge < -0.3 is 20.3 Å². The molecule has 1 aromatic carbocycles. The molecule has 0 radical (unpaired) electrons. The number of nitrogens with zero attached hydrogens (tertiary/aromatic N) is 2. The number of rotatable bonds is 7. The van der Waals surface area contributed by atoms with Crippen LogP contribution in [-0.2, 0) is 19.1 Å². The lowest BCUT2D eigenvalue weighted by Crippen LogP contribution is -2.58. The maximum atomic E-state index is 14.3. The van der Waals surface area contributed by atoms with Gasteiger partial charge in [-0.2, -0.15) is 0 Å². The Morgan fingerprint density at radius 1 is 1.13 bits per heavy atom. The molecule has 8 heteroatoms. The number of likely N-dealkylation sites (tertiary alicyclic amines) is 2. The van der Waals surface area contributed by atoms with Gasteiger partial charge in [0.15, 0.2) is 0 Å². The summed E-state index contributed by atoms with van der Waals surface area (Å²) < 4.78 is 6.54. The fraction of sp³-hybridized carbons (Fsp3) is 0.645. The summed E-state index contributed by atoms with van der Waals surface area (Å²) in [5.74, 6) is -1.50. The third kappa shape index (κ3) is 4.49. The van der Waals surface area contributed by atoms with E-state index >= 15 is 0 Å². The Bertz CT molecular complexity index is 1170.